The van der Waals surface area contributed by atoms with Crippen molar-refractivity contribution >= 4 is 0 Å². The summed E-state index contributed by atoms with van der Waals surface area (Å²) in [6.45, 7) is 1.89. The molecular formula is C9H12O3. The molecule has 12 heavy (non-hydrogen) atoms. The van der Waals surface area contributed by atoms with Crippen LogP contribution in [0.2, 0.25) is 0 Å². The van der Waals surface area contributed by atoms with E-state index in [0.29, 0.717) is 6.42 Å². The SMILES string of the molecule is CCc1cccc(C(O)O)c1O. The highest BCUT2D eigenvalue weighted by Gasteiger charge is 2.10. The Bertz CT molecular complexity index is 268. The molecule has 0 atom stereocenters. The normalized spacial score (nSPS) is 10.7. The first kappa shape index (κ1) is 9.03. The smallest absolute Gasteiger partial charge is 0.182 e. The van der Waals surface area contributed by atoms with Crippen LogP contribution in [0.4, 0.5) is 0 Å². The topological polar surface area (TPSA) is 60.7 Å². The first-order valence-corrected chi connectivity index (χ1v) is 3.83. The molecule has 0 bridgehead atoms. The molecule has 0 saturated carbocycles. The monoisotopic (exact) mass is 168 g/mol. The fraction of sp³-hybridized carbons (Fsp3) is 0.333. The lowest BCUT2D eigenvalue weighted by atomic mass is 10.1. The minimum atomic E-state index is -1.60. The lowest BCUT2D eigenvalue weighted by Crippen LogP contribution is -1.96. The van der Waals surface area contributed by atoms with Gasteiger partial charge in [0.25, 0.3) is 0 Å². The predicted octanol–water partition coefficient (Wildman–Crippen LogP) is 0.938. The summed E-state index contributed by atoms with van der Waals surface area (Å²) in [6, 6.07) is 4.92. The van der Waals surface area contributed by atoms with Crippen LogP contribution in [0, 0.1) is 0 Å². The van der Waals surface area contributed by atoms with Crippen LogP contribution >= 0.6 is 0 Å². The van der Waals surface area contributed by atoms with Gasteiger partial charge in [-0.2, -0.15) is 0 Å². The zero-order valence-electron chi connectivity index (χ0n) is 6.86. The van der Waals surface area contributed by atoms with E-state index in [4.69, 9.17) is 10.2 Å². The molecule has 0 heterocycles. The van der Waals surface area contributed by atoms with Crippen molar-refractivity contribution in [3.05, 3.63) is 29.3 Å². The van der Waals surface area contributed by atoms with E-state index in [1.165, 1.54) is 6.07 Å². The molecule has 3 N–H and O–H groups in total. The molecule has 1 rings (SSSR count). The molecule has 0 amide bonds. The van der Waals surface area contributed by atoms with Gasteiger partial charge in [0.1, 0.15) is 5.75 Å². The molecule has 0 unspecified atom stereocenters. The van der Waals surface area contributed by atoms with Crippen molar-refractivity contribution in [3.63, 3.8) is 0 Å². The van der Waals surface area contributed by atoms with Crippen molar-refractivity contribution in [2.75, 3.05) is 0 Å². The number of phenols is 1. The number of phenolic OH excluding ortho intramolecular Hbond substituents is 1. The number of para-hydroxylation sites is 1. The van der Waals surface area contributed by atoms with Gasteiger partial charge in [0.2, 0.25) is 0 Å². The highest BCUT2D eigenvalue weighted by atomic mass is 16.5. The highest BCUT2D eigenvalue weighted by molar-refractivity contribution is 5.40. The molecule has 66 valence electrons. The van der Waals surface area contributed by atoms with Gasteiger partial charge in [-0.1, -0.05) is 25.1 Å². The number of rotatable bonds is 2. The average Bonchev–Trinajstić information content (AvgIpc) is 2.04. The fourth-order valence-corrected chi connectivity index (χ4v) is 1.10. The molecule has 0 aromatic heterocycles. The Labute approximate surface area is 70.9 Å². The van der Waals surface area contributed by atoms with Gasteiger partial charge >= 0.3 is 0 Å². The number of hydrogen-bond donors (Lipinski definition) is 3. The molecule has 1 aromatic rings. The number of aliphatic hydroxyl groups excluding tert-OH is 1. The van der Waals surface area contributed by atoms with E-state index in [-0.39, 0.29) is 11.3 Å². The van der Waals surface area contributed by atoms with Crippen molar-refractivity contribution in [2.45, 2.75) is 19.6 Å². The largest absolute Gasteiger partial charge is 0.507 e. The third kappa shape index (κ3) is 1.57. The van der Waals surface area contributed by atoms with Crippen molar-refractivity contribution in [3.8, 4) is 5.75 Å². The lowest BCUT2D eigenvalue weighted by molar-refractivity contribution is -0.0439. The quantitative estimate of drug-likeness (QED) is 0.576. The predicted molar refractivity (Wildman–Crippen MR) is 44.7 cm³/mol. The van der Waals surface area contributed by atoms with Gasteiger partial charge < -0.3 is 15.3 Å². The van der Waals surface area contributed by atoms with Gasteiger partial charge in [0.05, 0.1) is 0 Å². The van der Waals surface area contributed by atoms with Crippen LogP contribution in [-0.2, 0) is 6.42 Å². The van der Waals surface area contributed by atoms with Crippen molar-refractivity contribution < 1.29 is 15.3 Å². The number of hydrogen-bond acceptors (Lipinski definition) is 3. The van der Waals surface area contributed by atoms with Crippen LogP contribution in [0.25, 0.3) is 0 Å². The van der Waals surface area contributed by atoms with Crippen LogP contribution in [-0.4, -0.2) is 15.3 Å². The number of aryl methyl sites for hydroxylation is 1. The molecule has 0 aliphatic carbocycles. The van der Waals surface area contributed by atoms with Gasteiger partial charge in [-0.05, 0) is 12.0 Å². The summed E-state index contributed by atoms with van der Waals surface area (Å²) >= 11 is 0. The first-order valence-electron chi connectivity index (χ1n) is 3.83. The maximum Gasteiger partial charge on any atom is 0.182 e. The third-order valence-corrected chi connectivity index (χ3v) is 1.81. The summed E-state index contributed by atoms with van der Waals surface area (Å²) in [6.07, 6.45) is -0.927. The molecule has 3 heteroatoms. The second kappa shape index (κ2) is 3.56. The average molecular weight is 168 g/mol. The van der Waals surface area contributed by atoms with Crippen LogP contribution < -0.4 is 0 Å². The summed E-state index contributed by atoms with van der Waals surface area (Å²) in [5, 5.41) is 27.1. The molecule has 0 radical (unpaired) electrons. The molecule has 0 spiro atoms. The van der Waals surface area contributed by atoms with Crippen molar-refractivity contribution in [1.29, 1.82) is 0 Å². The number of aliphatic hydroxyl groups is 2. The summed E-state index contributed by atoms with van der Waals surface area (Å²) in [5.74, 6) is -0.0185. The van der Waals surface area contributed by atoms with Crippen molar-refractivity contribution in [2.24, 2.45) is 0 Å². The summed E-state index contributed by atoms with van der Waals surface area (Å²) in [4.78, 5) is 0. The Morgan fingerprint density at radius 3 is 2.50 bits per heavy atom. The van der Waals surface area contributed by atoms with E-state index in [1.807, 2.05) is 6.92 Å². The van der Waals surface area contributed by atoms with E-state index in [0.717, 1.165) is 5.56 Å². The third-order valence-electron chi connectivity index (χ3n) is 1.81. The lowest BCUT2D eigenvalue weighted by Gasteiger charge is -2.09. The summed E-state index contributed by atoms with van der Waals surface area (Å²) < 4.78 is 0. The second-order valence-corrected chi connectivity index (χ2v) is 2.58. The summed E-state index contributed by atoms with van der Waals surface area (Å²) in [7, 11) is 0. The zero-order chi connectivity index (χ0) is 9.14. The van der Waals surface area contributed by atoms with Crippen LogP contribution in [0.5, 0.6) is 5.75 Å². The van der Waals surface area contributed by atoms with E-state index in [9.17, 15) is 5.11 Å². The fourth-order valence-electron chi connectivity index (χ4n) is 1.10. The van der Waals surface area contributed by atoms with E-state index < -0.39 is 6.29 Å². The van der Waals surface area contributed by atoms with Gasteiger partial charge in [0, 0.05) is 5.56 Å². The van der Waals surface area contributed by atoms with Gasteiger partial charge in [-0.25, -0.2) is 0 Å². The molecule has 0 saturated heterocycles. The number of benzene rings is 1. The minimum absolute atomic E-state index is 0.0185. The molecule has 0 fully saturated rings. The van der Waals surface area contributed by atoms with Crippen LogP contribution in [0.15, 0.2) is 18.2 Å². The maximum absolute atomic E-state index is 9.44. The van der Waals surface area contributed by atoms with Gasteiger partial charge in [-0.15, -0.1) is 0 Å². The highest BCUT2D eigenvalue weighted by Crippen LogP contribution is 2.26. The Morgan fingerprint density at radius 1 is 1.33 bits per heavy atom. The van der Waals surface area contributed by atoms with E-state index in [2.05, 4.69) is 0 Å². The Morgan fingerprint density at radius 2 is 2.00 bits per heavy atom. The molecule has 0 aliphatic heterocycles. The van der Waals surface area contributed by atoms with Gasteiger partial charge in [-0.3, -0.25) is 0 Å². The van der Waals surface area contributed by atoms with E-state index >= 15 is 0 Å². The van der Waals surface area contributed by atoms with Crippen LogP contribution in [0.1, 0.15) is 24.3 Å². The Balaban J connectivity index is 3.14. The molecule has 1 aromatic carbocycles. The molecular weight excluding hydrogens is 156 g/mol. The second-order valence-electron chi connectivity index (χ2n) is 2.58. The molecule has 3 nitrogen and oxygen atoms in total. The summed E-state index contributed by atoms with van der Waals surface area (Å²) in [5.41, 5.74) is 0.884. The maximum atomic E-state index is 9.44. The van der Waals surface area contributed by atoms with Gasteiger partial charge in [0.15, 0.2) is 6.29 Å². The van der Waals surface area contributed by atoms with E-state index in [1.54, 1.807) is 12.1 Å². The Kier molecular flexibility index (Phi) is 2.68. The first-order chi connectivity index (χ1) is 5.66. The minimum Gasteiger partial charge on any atom is -0.507 e. The standard InChI is InChI=1S/C9H12O3/c1-2-6-4-3-5-7(8(6)10)9(11)12/h3-5,9-12H,2H2,1H3. The molecule has 0 aliphatic rings. The Hall–Kier alpha value is -1.06. The number of aromatic hydroxyl groups is 1. The zero-order valence-corrected chi connectivity index (χ0v) is 6.86. The van der Waals surface area contributed by atoms with Crippen LogP contribution in [0.3, 0.4) is 0 Å². The van der Waals surface area contributed by atoms with Crippen molar-refractivity contribution in [1.82, 2.24) is 0 Å².